The molecule has 200 valence electrons. The Labute approximate surface area is 171 Å². The summed E-state index contributed by atoms with van der Waals surface area (Å²) in [6, 6.07) is 0. The van der Waals surface area contributed by atoms with Crippen molar-refractivity contribution in [3.63, 3.8) is 0 Å². The van der Waals surface area contributed by atoms with E-state index in [9.17, 15) is 83.1 Å². The molecule has 0 aromatic heterocycles. The van der Waals surface area contributed by atoms with Gasteiger partial charge in [-0.25, -0.2) is 8.42 Å². The molecule has 22 heteroatoms. The molecule has 0 bridgehead atoms. The maximum atomic E-state index is 13.6. The molecule has 0 aromatic rings. The fraction of sp³-hybridized carbons (Fsp3) is 1.00. The van der Waals surface area contributed by atoms with E-state index in [0.29, 0.717) is 4.72 Å². The highest BCUT2D eigenvalue weighted by molar-refractivity contribution is 7.90. The Balaban J connectivity index is 6.89. The van der Waals surface area contributed by atoms with Crippen molar-refractivity contribution in [2.45, 2.75) is 66.5 Å². The highest BCUT2D eigenvalue weighted by Crippen LogP contribution is 2.64. The predicted molar refractivity (Wildman–Crippen MR) is 71.0 cm³/mol. The summed E-state index contributed by atoms with van der Waals surface area (Å²) in [7, 11) is -7.34. The van der Waals surface area contributed by atoms with Crippen LogP contribution >= 0.6 is 0 Å². The van der Waals surface area contributed by atoms with Gasteiger partial charge in [0.05, 0.1) is 6.17 Å². The lowest BCUT2D eigenvalue weighted by Crippen LogP contribution is -2.75. The van der Waals surface area contributed by atoms with Crippen molar-refractivity contribution in [3.05, 3.63) is 0 Å². The second kappa shape index (κ2) is 8.12. The van der Waals surface area contributed by atoms with Crippen molar-refractivity contribution in [1.29, 1.82) is 0 Å². The molecule has 0 aromatic carbocycles. The van der Waals surface area contributed by atoms with Crippen LogP contribution in [0.25, 0.3) is 0 Å². The molecule has 0 amide bonds. The van der Waals surface area contributed by atoms with Crippen molar-refractivity contribution in [2.75, 3.05) is 0 Å². The summed E-state index contributed by atoms with van der Waals surface area (Å²) < 4.78 is 244. The monoisotopic (exact) mass is 556 g/mol. The van der Waals surface area contributed by atoms with Gasteiger partial charge in [-0.3, -0.25) is 0 Å². The fourth-order valence-electron chi connectivity index (χ4n) is 1.67. The van der Waals surface area contributed by atoms with Crippen LogP contribution in [0, 0.1) is 0 Å². The lowest BCUT2D eigenvalue weighted by atomic mass is 9.91. The molecule has 1 unspecified atom stereocenters. The quantitative estimate of drug-likeness (QED) is 0.306. The van der Waals surface area contributed by atoms with Crippen LogP contribution in [0.2, 0.25) is 0 Å². The van der Waals surface area contributed by atoms with Gasteiger partial charge in [0, 0.05) is 0 Å². The molecular weight excluding hydrogens is 547 g/mol. The number of hydrogen-bond donors (Lipinski definition) is 2. The van der Waals surface area contributed by atoms with Crippen molar-refractivity contribution in [3.8, 4) is 0 Å². The van der Waals surface area contributed by atoms with E-state index in [-0.39, 0.29) is 0 Å². The van der Waals surface area contributed by atoms with E-state index >= 15 is 0 Å². The minimum Gasteiger partial charge on any atom is -0.315 e. The molecule has 1 atom stereocenters. The number of nitrogens with one attached hydrogen (secondary N) is 1. The van der Waals surface area contributed by atoms with Crippen LogP contribution in [-0.4, -0.2) is 61.5 Å². The van der Waals surface area contributed by atoms with Gasteiger partial charge in [-0.05, 0) is 6.42 Å². The summed E-state index contributed by atoms with van der Waals surface area (Å²) in [5.74, 6) is -51.7. The van der Waals surface area contributed by atoms with Gasteiger partial charge in [0.15, 0.2) is 0 Å². The molecule has 4 nitrogen and oxygen atoms in total. The molecule has 0 heterocycles. The third-order valence-electron chi connectivity index (χ3n) is 3.78. The summed E-state index contributed by atoms with van der Waals surface area (Å²) in [6.45, 7) is 0.843. The van der Waals surface area contributed by atoms with Crippen LogP contribution in [0.1, 0.15) is 13.3 Å². The number of rotatable bonds is 10. The summed E-state index contributed by atoms with van der Waals surface area (Å²) >= 11 is 0. The van der Waals surface area contributed by atoms with E-state index in [4.69, 9.17) is 5.73 Å². The second-order valence-electron chi connectivity index (χ2n) is 6.10. The highest BCUT2D eigenvalue weighted by atomic mass is 32.2. The molecule has 0 aliphatic heterocycles. The molecular formula is C11H9F17N2O2S. The minimum atomic E-state index is -8.85. The van der Waals surface area contributed by atoms with Crippen LogP contribution in [0.4, 0.5) is 74.6 Å². The Morgan fingerprint density at radius 3 is 1.15 bits per heavy atom. The van der Waals surface area contributed by atoms with Gasteiger partial charge in [0.25, 0.3) is 10.0 Å². The Kier molecular flexibility index (Phi) is 7.80. The Hall–Kier alpha value is -1.32. The number of hydrogen-bond acceptors (Lipinski definition) is 3. The zero-order valence-electron chi connectivity index (χ0n) is 15.0. The molecule has 3 N–H and O–H groups in total. The molecule has 0 aliphatic rings. The van der Waals surface area contributed by atoms with Crippen molar-refractivity contribution in [1.82, 2.24) is 4.72 Å². The van der Waals surface area contributed by atoms with Crippen LogP contribution in [0.3, 0.4) is 0 Å². The number of alkyl halides is 17. The first kappa shape index (κ1) is 31.7. The molecule has 0 saturated heterocycles. The van der Waals surface area contributed by atoms with Crippen LogP contribution in [-0.2, 0) is 10.0 Å². The van der Waals surface area contributed by atoms with Crippen LogP contribution in [0.5, 0.6) is 0 Å². The van der Waals surface area contributed by atoms with E-state index < -0.39 is 69.6 Å². The first-order valence-corrected chi connectivity index (χ1v) is 8.92. The summed E-state index contributed by atoms with van der Waals surface area (Å²) in [5.41, 5.74) is 4.70. The van der Waals surface area contributed by atoms with Crippen LogP contribution in [0.15, 0.2) is 0 Å². The molecule has 0 aliphatic carbocycles. The van der Waals surface area contributed by atoms with E-state index in [2.05, 4.69) is 0 Å². The van der Waals surface area contributed by atoms with E-state index in [1.807, 2.05) is 0 Å². The average molecular weight is 556 g/mol. The topological polar surface area (TPSA) is 72.2 Å². The zero-order chi connectivity index (χ0) is 27.5. The van der Waals surface area contributed by atoms with Gasteiger partial charge < -0.3 is 5.73 Å². The average Bonchev–Trinajstić information content (AvgIpc) is 2.58. The Morgan fingerprint density at radius 1 is 0.606 bits per heavy atom. The van der Waals surface area contributed by atoms with Gasteiger partial charge in [-0.15, -0.1) is 0 Å². The first-order chi connectivity index (χ1) is 14.0. The SMILES string of the molecule is CCC(N)NS(=O)(=O)C(F)(F)C(F)(F)C(F)(F)C(F)(F)C(F)(F)C(F)(F)C(F)(F)C(F)(F)F. The molecule has 0 spiro atoms. The van der Waals surface area contributed by atoms with Crippen molar-refractivity contribution < 1.29 is 83.1 Å². The van der Waals surface area contributed by atoms with E-state index in [1.54, 1.807) is 0 Å². The van der Waals surface area contributed by atoms with Crippen molar-refractivity contribution in [2.24, 2.45) is 5.73 Å². The molecule has 33 heavy (non-hydrogen) atoms. The molecule has 0 radical (unpaired) electrons. The summed E-state index contributed by atoms with van der Waals surface area (Å²) in [6.07, 6.45) is -11.0. The number of sulfonamides is 1. The maximum absolute atomic E-state index is 13.6. The number of nitrogens with two attached hydrogens (primary N) is 1. The standard InChI is InChI=1S/C11H9F17N2O2S/c1-2-3(29)30-33(31,32)11(27,28)9(22,23)7(18,19)5(14,15)4(12,13)6(16,17)8(20,21)10(24,25)26/h3,30H,2,29H2,1H3. The van der Waals surface area contributed by atoms with Gasteiger partial charge in [0.1, 0.15) is 0 Å². The highest BCUT2D eigenvalue weighted by Gasteiger charge is 2.96. The van der Waals surface area contributed by atoms with Crippen molar-refractivity contribution >= 4 is 10.0 Å². The van der Waals surface area contributed by atoms with Gasteiger partial charge in [-0.2, -0.15) is 79.4 Å². The largest absolute Gasteiger partial charge is 0.460 e. The molecule has 0 rings (SSSR count). The Morgan fingerprint density at radius 2 is 0.879 bits per heavy atom. The summed E-state index contributed by atoms with van der Waals surface area (Å²) in [4.78, 5) is 0. The van der Waals surface area contributed by atoms with Gasteiger partial charge in [0.2, 0.25) is 0 Å². The summed E-state index contributed by atoms with van der Waals surface area (Å²) in [5, 5.41) is -7.60. The molecule has 0 saturated carbocycles. The Bertz CT molecular complexity index is 819. The first-order valence-electron chi connectivity index (χ1n) is 7.44. The van der Waals surface area contributed by atoms with E-state index in [1.165, 1.54) is 0 Å². The fourth-order valence-corrected chi connectivity index (χ4v) is 2.85. The third-order valence-corrected chi connectivity index (χ3v) is 5.32. The number of halogens is 17. The molecule has 0 fully saturated rings. The predicted octanol–water partition coefficient (Wildman–Crippen LogP) is 4.57. The normalized spacial score (nSPS) is 17.3. The van der Waals surface area contributed by atoms with Crippen LogP contribution < -0.4 is 10.5 Å². The maximum Gasteiger partial charge on any atom is 0.460 e. The zero-order valence-corrected chi connectivity index (χ0v) is 15.8. The lowest BCUT2D eigenvalue weighted by molar-refractivity contribution is -0.458. The van der Waals surface area contributed by atoms with Gasteiger partial charge in [-0.1, -0.05) is 6.92 Å². The lowest BCUT2D eigenvalue weighted by Gasteiger charge is -2.42. The second-order valence-corrected chi connectivity index (χ2v) is 7.85. The third kappa shape index (κ3) is 4.18. The minimum absolute atomic E-state index is 0.326. The van der Waals surface area contributed by atoms with Gasteiger partial charge >= 0.3 is 47.0 Å². The van der Waals surface area contributed by atoms with E-state index in [0.717, 1.165) is 6.92 Å². The smallest absolute Gasteiger partial charge is 0.315 e.